The number of hydrogen-bond donors (Lipinski definition) is 0. The van der Waals surface area contributed by atoms with E-state index >= 15 is 0 Å². The zero-order valence-corrected chi connectivity index (χ0v) is 13.4. The summed E-state index contributed by atoms with van der Waals surface area (Å²) < 4.78 is 6.58. The smallest absolute Gasteiger partial charge is 0.241 e. The second kappa shape index (κ2) is 4.18. The highest BCUT2D eigenvalue weighted by molar-refractivity contribution is 9.10. The quantitative estimate of drug-likeness (QED) is 0.565. The first-order chi connectivity index (χ1) is 9.92. The molecule has 3 aliphatic heterocycles. The zero-order valence-electron chi connectivity index (χ0n) is 11.0. The number of amides is 2. The highest BCUT2D eigenvalue weighted by Gasteiger charge is 2.66. The Bertz CT molecular complexity index is 719. The second-order valence-corrected chi connectivity index (χ2v) is 7.06. The van der Waals surface area contributed by atoms with Crippen molar-refractivity contribution in [1.82, 2.24) is 0 Å². The molecule has 4 rings (SSSR count). The van der Waals surface area contributed by atoms with Gasteiger partial charge in [-0.1, -0.05) is 39.7 Å². The molecule has 0 aliphatic carbocycles. The fourth-order valence-electron chi connectivity index (χ4n) is 3.55. The molecule has 1 aromatic carbocycles. The lowest BCUT2D eigenvalue weighted by molar-refractivity contribution is -0.126. The van der Waals surface area contributed by atoms with E-state index in [1.807, 2.05) is 19.1 Å². The predicted octanol–water partition coefficient (Wildman–Crippen LogP) is 2.94. The van der Waals surface area contributed by atoms with Gasteiger partial charge in [0.1, 0.15) is 0 Å². The summed E-state index contributed by atoms with van der Waals surface area (Å²) in [5.74, 6) is -1.36. The van der Waals surface area contributed by atoms with Gasteiger partial charge in [0.05, 0.1) is 34.3 Å². The van der Waals surface area contributed by atoms with Crippen molar-refractivity contribution in [1.29, 1.82) is 0 Å². The molecule has 21 heavy (non-hydrogen) atoms. The Morgan fingerprint density at radius 3 is 2.76 bits per heavy atom. The van der Waals surface area contributed by atoms with Gasteiger partial charge in [0.25, 0.3) is 0 Å². The molecule has 2 fully saturated rings. The summed E-state index contributed by atoms with van der Waals surface area (Å²) in [4.78, 5) is 26.7. The van der Waals surface area contributed by atoms with Crippen LogP contribution in [0.15, 0.2) is 34.8 Å². The average Bonchev–Trinajstić information content (AvgIpc) is 3.01. The van der Waals surface area contributed by atoms with Crippen LogP contribution in [-0.2, 0) is 14.3 Å². The minimum atomic E-state index is -0.682. The van der Waals surface area contributed by atoms with E-state index < -0.39 is 17.4 Å². The molecule has 2 saturated heterocycles. The number of halogens is 2. The molecule has 0 aromatic heterocycles. The van der Waals surface area contributed by atoms with Gasteiger partial charge in [-0.15, -0.1) is 0 Å². The van der Waals surface area contributed by atoms with Crippen molar-refractivity contribution in [3.8, 4) is 0 Å². The van der Waals surface area contributed by atoms with E-state index in [0.29, 0.717) is 10.7 Å². The van der Waals surface area contributed by atoms with Crippen LogP contribution in [0.4, 0.5) is 5.69 Å². The van der Waals surface area contributed by atoms with Crippen molar-refractivity contribution < 1.29 is 14.3 Å². The lowest BCUT2D eigenvalue weighted by Gasteiger charge is -2.24. The van der Waals surface area contributed by atoms with E-state index in [2.05, 4.69) is 15.9 Å². The molecule has 0 radical (unpaired) electrons. The van der Waals surface area contributed by atoms with Crippen molar-refractivity contribution in [3.05, 3.63) is 39.8 Å². The molecular formula is C15H11BrClNO3. The normalized spacial score (nSPS) is 36.7. The highest BCUT2D eigenvalue weighted by Crippen LogP contribution is 2.52. The first-order valence-electron chi connectivity index (χ1n) is 6.62. The van der Waals surface area contributed by atoms with Crippen molar-refractivity contribution in [2.75, 3.05) is 4.90 Å². The van der Waals surface area contributed by atoms with Gasteiger partial charge in [-0.3, -0.25) is 9.59 Å². The van der Waals surface area contributed by atoms with Crippen molar-refractivity contribution in [3.63, 3.8) is 0 Å². The maximum Gasteiger partial charge on any atom is 0.241 e. The summed E-state index contributed by atoms with van der Waals surface area (Å²) >= 11 is 9.52. The number of rotatable bonds is 1. The number of carbonyl (C=O) groups is 2. The van der Waals surface area contributed by atoms with E-state index in [1.165, 1.54) is 4.90 Å². The second-order valence-electron chi connectivity index (χ2n) is 5.74. The molecule has 0 N–H and O–H groups in total. The Balaban J connectivity index is 1.80. The summed E-state index contributed by atoms with van der Waals surface area (Å²) in [6.45, 7) is 1.85. The Morgan fingerprint density at radius 2 is 2.10 bits per heavy atom. The van der Waals surface area contributed by atoms with Crippen LogP contribution in [-0.4, -0.2) is 23.5 Å². The number of imide groups is 1. The lowest BCUT2D eigenvalue weighted by atomic mass is 9.78. The largest absolute Gasteiger partial charge is 0.362 e. The van der Waals surface area contributed by atoms with Gasteiger partial charge in [-0.25, -0.2) is 4.90 Å². The zero-order chi connectivity index (χ0) is 14.9. The van der Waals surface area contributed by atoms with Crippen LogP contribution in [0.5, 0.6) is 0 Å². The van der Waals surface area contributed by atoms with Gasteiger partial charge in [0.2, 0.25) is 11.8 Å². The number of ether oxygens (including phenoxy) is 1. The fraction of sp³-hybridized carbons (Fsp3) is 0.333. The van der Waals surface area contributed by atoms with E-state index in [1.54, 1.807) is 18.2 Å². The lowest BCUT2D eigenvalue weighted by Crippen LogP contribution is -2.38. The Labute approximate surface area is 134 Å². The first-order valence-corrected chi connectivity index (χ1v) is 7.79. The van der Waals surface area contributed by atoms with E-state index in [4.69, 9.17) is 16.3 Å². The van der Waals surface area contributed by atoms with Gasteiger partial charge < -0.3 is 4.74 Å². The van der Waals surface area contributed by atoms with Crippen LogP contribution in [0.1, 0.15) is 6.92 Å². The fourth-order valence-corrected chi connectivity index (χ4v) is 4.31. The van der Waals surface area contributed by atoms with Crippen molar-refractivity contribution in [2.45, 2.75) is 18.6 Å². The van der Waals surface area contributed by atoms with Crippen LogP contribution in [0.3, 0.4) is 0 Å². The molecule has 2 amide bonds. The summed E-state index contributed by atoms with van der Waals surface area (Å²) in [5, 5.41) is 0.373. The van der Waals surface area contributed by atoms with E-state index in [9.17, 15) is 9.59 Å². The molecule has 0 spiro atoms. The molecule has 0 unspecified atom stereocenters. The van der Waals surface area contributed by atoms with E-state index in [0.717, 1.165) is 4.47 Å². The maximum absolute atomic E-state index is 12.8. The van der Waals surface area contributed by atoms with E-state index in [-0.39, 0.29) is 17.9 Å². The third kappa shape index (κ3) is 1.65. The van der Waals surface area contributed by atoms with Crippen LogP contribution in [0.2, 0.25) is 5.02 Å². The summed E-state index contributed by atoms with van der Waals surface area (Å²) in [7, 11) is 0. The Kier molecular flexibility index (Phi) is 2.69. The summed E-state index contributed by atoms with van der Waals surface area (Å²) in [5.41, 5.74) is -0.245. The van der Waals surface area contributed by atoms with Crippen molar-refractivity contribution >= 4 is 45.0 Å². The molecule has 1 aromatic rings. The molecule has 2 bridgehead atoms. The molecule has 0 saturated carbocycles. The molecular weight excluding hydrogens is 358 g/mol. The minimum Gasteiger partial charge on any atom is -0.362 e. The number of fused-ring (bicyclic) bond motifs is 5. The van der Waals surface area contributed by atoms with Gasteiger partial charge >= 0.3 is 0 Å². The third-order valence-corrected chi connectivity index (χ3v) is 5.28. The average molecular weight is 369 g/mol. The van der Waals surface area contributed by atoms with Crippen LogP contribution >= 0.6 is 27.5 Å². The van der Waals surface area contributed by atoms with Gasteiger partial charge in [-0.05, 0) is 25.1 Å². The standard InChI is InChI=1S/C15H11BrClNO3/c1-15-5-4-10(21-15)11-12(15)14(20)18(13(11)19)9-3-2-7(16)6-8(9)17/h2-6,10-12H,1H3/t10-,11-,12-,15+/m1/s1. The summed E-state index contributed by atoms with van der Waals surface area (Å²) in [6.07, 6.45) is 3.45. The number of carbonyl (C=O) groups excluding carboxylic acids is 2. The van der Waals surface area contributed by atoms with Crippen molar-refractivity contribution in [2.24, 2.45) is 11.8 Å². The van der Waals surface area contributed by atoms with Crippen LogP contribution < -0.4 is 4.90 Å². The number of hydrogen-bond acceptors (Lipinski definition) is 3. The first kappa shape index (κ1) is 13.5. The van der Waals surface area contributed by atoms with Gasteiger partial charge in [0.15, 0.2) is 0 Å². The number of benzene rings is 1. The number of nitrogens with zero attached hydrogens (tertiary/aromatic N) is 1. The van der Waals surface area contributed by atoms with Crippen LogP contribution in [0, 0.1) is 11.8 Å². The highest BCUT2D eigenvalue weighted by atomic mass is 79.9. The Hall–Kier alpha value is -1.17. The monoisotopic (exact) mass is 367 g/mol. The summed E-state index contributed by atoms with van der Waals surface area (Å²) in [6, 6.07) is 5.12. The Morgan fingerprint density at radius 1 is 1.33 bits per heavy atom. The molecule has 6 heteroatoms. The number of anilines is 1. The molecule has 4 nitrogen and oxygen atoms in total. The maximum atomic E-state index is 12.8. The topological polar surface area (TPSA) is 46.6 Å². The molecule has 3 heterocycles. The molecule has 108 valence electrons. The predicted molar refractivity (Wildman–Crippen MR) is 81.0 cm³/mol. The molecule has 4 atom stereocenters. The molecule has 3 aliphatic rings. The SMILES string of the molecule is C[C@@]12C=C[C@@H](O1)[C@H]1C(=O)N(c3ccc(Br)cc3Cl)C(=O)[C@@H]12. The van der Waals surface area contributed by atoms with Gasteiger partial charge in [-0.2, -0.15) is 0 Å². The van der Waals surface area contributed by atoms with Gasteiger partial charge in [0, 0.05) is 4.47 Å². The van der Waals surface area contributed by atoms with Crippen LogP contribution in [0.25, 0.3) is 0 Å². The third-order valence-electron chi connectivity index (χ3n) is 4.48. The minimum absolute atomic E-state index is 0.229.